The van der Waals surface area contributed by atoms with Crippen molar-refractivity contribution in [3.05, 3.63) is 81.9 Å². The van der Waals surface area contributed by atoms with Crippen LogP contribution in [0.4, 0.5) is 5.13 Å². The summed E-state index contributed by atoms with van der Waals surface area (Å²) in [7, 11) is 1.23. The number of rotatable bonds is 9. The lowest BCUT2D eigenvalue weighted by Gasteiger charge is -2.24. The van der Waals surface area contributed by atoms with Crippen molar-refractivity contribution in [1.82, 2.24) is 4.98 Å². The number of aryl methyl sites for hydroxylation is 2. The molecule has 1 aliphatic rings. The molecule has 0 saturated carbocycles. The molecule has 3 aromatic rings. The highest BCUT2D eigenvalue weighted by molar-refractivity contribution is 7.17. The summed E-state index contributed by atoms with van der Waals surface area (Å²) >= 11 is 0.891. The van der Waals surface area contributed by atoms with Crippen LogP contribution in [0.2, 0.25) is 0 Å². The van der Waals surface area contributed by atoms with E-state index in [1.165, 1.54) is 25.3 Å². The van der Waals surface area contributed by atoms with Crippen LogP contribution in [0.15, 0.2) is 54.6 Å². The summed E-state index contributed by atoms with van der Waals surface area (Å²) in [6, 6.07) is 8.18. The Morgan fingerprint density at radius 2 is 1.93 bits per heavy atom. The van der Waals surface area contributed by atoms with E-state index >= 15 is 0 Å². The first-order chi connectivity index (χ1) is 19.1. The number of esters is 1. The molecule has 1 unspecified atom stereocenters. The number of nitrogens with zero attached hydrogens (tertiary/aromatic N) is 2. The maximum atomic E-state index is 13.5. The number of hydrogen-bond donors (Lipinski definition) is 2. The van der Waals surface area contributed by atoms with E-state index in [-0.39, 0.29) is 33.7 Å². The number of aliphatic hydroxyl groups excluding tert-OH is 1. The number of aliphatic hydroxyl groups is 1. The SMILES string of the molecule is C=CCOc1ccc(/C(O)=C2\C(=O)C(=O)N(c3nc(C)c(C(=O)OC)s3)C2c2ccc(O)c(OCC)c2)c(C)c1. The van der Waals surface area contributed by atoms with Crippen molar-refractivity contribution < 1.29 is 38.8 Å². The zero-order valence-electron chi connectivity index (χ0n) is 22.4. The van der Waals surface area contributed by atoms with Gasteiger partial charge in [-0.3, -0.25) is 14.5 Å². The second kappa shape index (κ2) is 11.6. The number of carbonyl (C=O) groups is 3. The minimum absolute atomic E-state index is 0.0694. The van der Waals surface area contributed by atoms with Gasteiger partial charge in [-0.25, -0.2) is 9.78 Å². The van der Waals surface area contributed by atoms with Crippen LogP contribution < -0.4 is 14.4 Å². The lowest BCUT2D eigenvalue weighted by Crippen LogP contribution is -2.29. The zero-order chi connectivity index (χ0) is 29.1. The molecule has 1 saturated heterocycles. The summed E-state index contributed by atoms with van der Waals surface area (Å²) < 4.78 is 15.9. The molecule has 0 bridgehead atoms. The number of carbonyl (C=O) groups excluding carboxylic acids is 3. The number of methoxy groups -OCH3 is 1. The smallest absolute Gasteiger partial charge is 0.350 e. The highest BCUT2D eigenvalue weighted by Gasteiger charge is 2.48. The quantitative estimate of drug-likeness (QED) is 0.123. The molecule has 1 atom stereocenters. The normalized spacial score (nSPS) is 16.2. The van der Waals surface area contributed by atoms with Crippen molar-refractivity contribution in [3.63, 3.8) is 0 Å². The van der Waals surface area contributed by atoms with Crippen LogP contribution >= 0.6 is 11.3 Å². The molecule has 4 rings (SSSR count). The number of aromatic hydroxyl groups is 1. The van der Waals surface area contributed by atoms with Gasteiger partial charge in [0.1, 0.15) is 23.0 Å². The van der Waals surface area contributed by atoms with E-state index in [4.69, 9.17) is 14.2 Å². The van der Waals surface area contributed by atoms with Gasteiger partial charge in [0.25, 0.3) is 5.78 Å². The molecule has 0 spiro atoms. The second-order valence-electron chi connectivity index (χ2n) is 8.81. The fraction of sp³-hybridized carbons (Fsp3) is 0.241. The zero-order valence-corrected chi connectivity index (χ0v) is 23.2. The molecular weight excluding hydrogens is 536 g/mol. The second-order valence-corrected chi connectivity index (χ2v) is 9.79. The van der Waals surface area contributed by atoms with Gasteiger partial charge in [0.2, 0.25) is 0 Å². The molecule has 1 fully saturated rings. The predicted octanol–water partition coefficient (Wildman–Crippen LogP) is 4.84. The number of anilines is 1. The van der Waals surface area contributed by atoms with Gasteiger partial charge >= 0.3 is 11.9 Å². The van der Waals surface area contributed by atoms with Crippen LogP contribution in [0.1, 0.15) is 45.0 Å². The number of Topliss-reactive ketones (excluding diaryl/α,β-unsaturated/α-hetero) is 1. The van der Waals surface area contributed by atoms with E-state index in [9.17, 15) is 24.6 Å². The van der Waals surface area contributed by atoms with E-state index in [1.807, 2.05) is 0 Å². The van der Waals surface area contributed by atoms with Gasteiger partial charge in [0.15, 0.2) is 16.6 Å². The van der Waals surface area contributed by atoms with Gasteiger partial charge in [-0.05, 0) is 62.2 Å². The first kappa shape index (κ1) is 28.4. The van der Waals surface area contributed by atoms with E-state index in [0.717, 1.165) is 16.2 Å². The third kappa shape index (κ3) is 5.15. The Bertz CT molecular complexity index is 1540. The van der Waals surface area contributed by atoms with Crippen molar-refractivity contribution >= 4 is 39.9 Å². The topological polar surface area (TPSA) is 135 Å². The van der Waals surface area contributed by atoms with Crippen LogP contribution in [0, 0.1) is 13.8 Å². The lowest BCUT2D eigenvalue weighted by molar-refractivity contribution is -0.132. The summed E-state index contributed by atoms with van der Waals surface area (Å²) in [5.41, 5.74) is 1.43. The molecule has 0 aliphatic carbocycles. The third-order valence-electron chi connectivity index (χ3n) is 6.23. The van der Waals surface area contributed by atoms with Crippen LogP contribution in [-0.2, 0) is 14.3 Å². The third-order valence-corrected chi connectivity index (χ3v) is 7.36. The van der Waals surface area contributed by atoms with E-state index in [2.05, 4.69) is 11.6 Å². The molecule has 1 aliphatic heterocycles. The van der Waals surface area contributed by atoms with Crippen LogP contribution in [0.5, 0.6) is 17.2 Å². The number of phenolic OH excluding ortho intramolecular Hbond substituents is 1. The van der Waals surface area contributed by atoms with Gasteiger partial charge in [-0.2, -0.15) is 0 Å². The minimum Gasteiger partial charge on any atom is -0.507 e. The average molecular weight is 565 g/mol. The minimum atomic E-state index is -1.15. The predicted molar refractivity (Wildman–Crippen MR) is 149 cm³/mol. The van der Waals surface area contributed by atoms with Gasteiger partial charge in [-0.15, -0.1) is 0 Å². The fourth-order valence-corrected chi connectivity index (χ4v) is 5.39. The Labute approximate surface area is 234 Å². The van der Waals surface area contributed by atoms with Crippen molar-refractivity contribution in [2.45, 2.75) is 26.8 Å². The molecule has 10 nitrogen and oxygen atoms in total. The molecule has 2 heterocycles. The monoisotopic (exact) mass is 564 g/mol. The van der Waals surface area contributed by atoms with Crippen LogP contribution in [0.3, 0.4) is 0 Å². The highest BCUT2D eigenvalue weighted by Crippen LogP contribution is 2.45. The number of amides is 1. The van der Waals surface area contributed by atoms with Gasteiger partial charge in [-0.1, -0.05) is 30.1 Å². The number of benzene rings is 2. The van der Waals surface area contributed by atoms with Gasteiger partial charge < -0.3 is 24.4 Å². The van der Waals surface area contributed by atoms with Crippen molar-refractivity contribution in [2.75, 3.05) is 25.2 Å². The summed E-state index contributed by atoms with van der Waals surface area (Å²) in [6.07, 6.45) is 1.60. The largest absolute Gasteiger partial charge is 0.507 e. The summed E-state index contributed by atoms with van der Waals surface area (Å²) in [6.45, 7) is 9.24. The Morgan fingerprint density at radius 1 is 1.18 bits per heavy atom. The number of ketones is 1. The molecule has 40 heavy (non-hydrogen) atoms. The number of aromatic nitrogens is 1. The van der Waals surface area contributed by atoms with Crippen molar-refractivity contribution in [1.29, 1.82) is 0 Å². The van der Waals surface area contributed by atoms with Gasteiger partial charge in [0.05, 0.1) is 31.0 Å². The highest BCUT2D eigenvalue weighted by atomic mass is 32.1. The number of thiazole rings is 1. The fourth-order valence-electron chi connectivity index (χ4n) is 4.38. The number of hydrogen-bond acceptors (Lipinski definition) is 10. The van der Waals surface area contributed by atoms with Crippen LogP contribution in [0.25, 0.3) is 5.76 Å². The van der Waals surface area contributed by atoms with Gasteiger partial charge in [0, 0.05) is 5.56 Å². The summed E-state index contributed by atoms with van der Waals surface area (Å²) in [5.74, 6) is -2.36. The van der Waals surface area contributed by atoms with Crippen LogP contribution in [-0.4, -0.2) is 53.2 Å². The Kier molecular flexibility index (Phi) is 8.24. The van der Waals surface area contributed by atoms with E-state index < -0.39 is 29.5 Å². The van der Waals surface area contributed by atoms with Crippen molar-refractivity contribution in [2.24, 2.45) is 0 Å². The number of phenols is 1. The Hall–Kier alpha value is -4.64. The first-order valence-electron chi connectivity index (χ1n) is 12.3. The van der Waals surface area contributed by atoms with Crippen molar-refractivity contribution in [3.8, 4) is 17.2 Å². The lowest BCUT2D eigenvalue weighted by atomic mass is 9.93. The first-order valence-corrected chi connectivity index (χ1v) is 13.1. The molecule has 11 heteroatoms. The maximum absolute atomic E-state index is 13.5. The molecule has 2 N–H and O–H groups in total. The Morgan fingerprint density at radius 3 is 2.58 bits per heavy atom. The maximum Gasteiger partial charge on any atom is 0.350 e. The molecule has 1 aromatic heterocycles. The average Bonchev–Trinajstić information content (AvgIpc) is 3.44. The molecule has 1 amide bonds. The molecule has 0 radical (unpaired) electrons. The standard InChI is InChI=1S/C29H28N2O8S/c1-6-12-39-18-9-10-19(15(3)13-18)24(33)22-23(17-8-11-20(32)21(14-17)38-7-2)31(27(35)25(22)34)29-30-16(4)26(40-29)28(36)37-5/h6,8-11,13-14,23,32-33H,1,7,12H2,2-5H3/b24-22+. The summed E-state index contributed by atoms with van der Waals surface area (Å²) in [5, 5.41) is 21.9. The molecule has 208 valence electrons. The molecular formula is C29H28N2O8S. The number of ether oxygens (including phenoxy) is 3. The Balaban J connectivity index is 1.94. The van der Waals surface area contributed by atoms with E-state index in [0.29, 0.717) is 34.7 Å². The molecule has 2 aromatic carbocycles. The summed E-state index contributed by atoms with van der Waals surface area (Å²) in [4.78, 5) is 45.0. The van der Waals surface area contributed by atoms with E-state index in [1.54, 1.807) is 45.0 Å².